The number of likely N-dealkylation sites (tertiary alicyclic amines) is 1. The third-order valence-electron chi connectivity index (χ3n) is 4.61. The SMILES string of the molecule is CCOC(=O)C1CN(Cc2ccccc2)CC1c1ccc(F)c(F)c1. The van der Waals surface area contributed by atoms with E-state index >= 15 is 0 Å². The minimum Gasteiger partial charge on any atom is -0.466 e. The number of halogens is 2. The first-order chi connectivity index (χ1) is 12.1. The Morgan fingerprint density at radius 1 is 1.12 bits per heavy atom. The highest BCUT2D eigenvalue weighted by atomic mass is 19.2. The highest BCUT2D eigenvalue weighted by Crippen LogP contribution is 2.35. The van der Waals surface area contributed by atoms with Crippen LogP contribution in [0.5, 0.6) is 0 Å². The highest BCUT2D eigenvalue weighted by Gasteiger charge is 2.39. The number of carbonyl (C=O) groups excluding carboxylic acids is 1. The standard InChI is InChI=1S/C20H21F2NO2/c1-2-25-20(24)17-13-23(11-14-6-4-3-5-7-14)12-16(17)15-8-9-18(21)19(22)10-15/h3-10,16-17H,2,11-13H2,1H3. The number of hydrogen-bond acceptors (Lipinski definition) is 3. The molecule has 0 bridgehead atoms. The quantitative estimate of drug-likeness (QED) is 0.773. The number of nitrogens with zero attached hydrogens (tertiary/aromatic N) is 1. The number of esters is 1. The predicted molar refractivity (Wildman–Crippen MR) is 90.9 cm³/mol. The average molecular weight is 345 g/mol. The summed E-state index contributed by atoms with van der Waals surface area (Å²) < 4.78 is 32.1. The Labute approximate surface area is 146 Å². The molecule has 3 rings (SSSR count). The lowest BCUT2D eigenvalue weighted by Gasteiger charge is -2.17. The first-order valence-corrected chi connectivity index (χ1v) is 8.46. The molecular formula is C20H21F2NO2. The minimum absolute atomic E-state index is 0.210. The van der Waals surface area contributed by atoms with E-state index in [1.807, 2.05) is 30.3 Å². The second-order valence-electron chi connectivity index (χ2n) is 6.32. The summed E-state index contributed by atoms with van der Waals surface area (Å²) in [5, 5.41) is 0. The van der Waals surface area contributed by atoms with Gasteiger partial charge in [-0.15, -0.1) is 0 Å². The molecule has 2 aromatic rings. The van der Waals surface area contributed by atoms with Gasteiger partial charge in [0.1, 0.15) is 0 Å². The van der Waals surface area contributed by atoms with Gasteiger partial charge in [-0.2, -0.15) is 0 Å². The zero-order valence-electron chi connectivity index (χ0n) is 14.1. The maximum absolute atomic E-state index is 13.6. The summed E-state index contributed by atoms with van der Waals surface area (Å²) in [4.78, 5) is 14.5. The molecule has 1 aliphatic rings. The molecule has 2 unspecified atom stereocenters. The average Bonchev–Trinajstić information content (AvgIpc) is 3.02. The van der Waals surface area contributed by atoms with Crippen LogP contribution in [0, 0.1) is 17.6 Å². The fraction of sp³-hybridized carbons (Fsp3) is 0.350. The predicted octanol–water partition coefficient (Wildman–Crippen LogP) is 3.74. The van der Waals surface area contributed by atoms with Crippen LogP contribution in [0.25, 0.3) is 0 Å². The van der Waals surface area contributed by atoms with Gasteiger partial charge in [0, 0.05) is 25.6 Å². The molecule has 1 heterocycles. The molecule has 1 fully saturated rings. The molecule has 0 aliphatic carbocycles. The lowest BCUT2D eigenvalue weighted by molar-refractivity contribution is -0.148. The molecule has 3 nitrogen and oxygen atoms in total. The first-order valence-electron chi connectivity index (χ1n) is 8.46. The summed E-state index contributed by atoms with van der Waals surface area (Å²) in [5.74, 6) is -2.64. The van der Waals surface area contributed by atoms with Crippen molar-refractivity contribution < 1.29 is 18.3 Å². The van der Waals surface area contributed by atoms with Gasteiger partial charge in [-0.25, -0.2) is 8.78 Å². The molecule has 1 aliphatic heterocycles. The van der Waals surface area contributed by atoms with Crippen molar-refractivity contribution in [3.05, 3.63) is 71.3 Å². The van der Waals surface area contributed by atoms with Crippen LogP contribution in [0.4, 0.5) is 8.78 Å². The van der Waals surface area contributed by atoms with E-state index in [9.17, 15) is 13.6 Å². The molecule has 132 valence electrons. The molecule has 0 radical (unpaired) electrons. The highest BCUT2D eigenvalue weighted by molar-refractivity contribution is 5.74. The fourth-order valence-corrected chi connectivity index (χ4v) is 3.42. The summed E-state index contributed by atoms with van der Waals surface area (Å²) in [6, 6.07) is 13.8. The van der Waals surface area contributed by atoms with Crippen LogP contribution in [0.1, 0.15) is 24.0 Å². The van der Waals surface area contributed by atoms with Crippen molar-refractivity contribution in [3.8, 4) is 0 Å². The molecule has 5 heteroatoms. The zero-order chi connectivity index (χ0) is 17.8. The van der Waals surface area contributed by atoms with E-state index in [0.717, 1.165) is 11.6 Å². The van der Waals surface area contributed by atoms with Crippen LogP contribution < -0.4 is 0 Å². The monoisotopic (exact) mass is 345 g/mol. The lowest BCUT2D eigenvalue weighted by Crippen LogP contribution is -2.25. The number of benzene rings is 2. The van der Waals surface area contributed by atoms with E-state index in [-0.39, 0.29) is 17.8 Å². The Hall–Kier alpha value is -2.27. The third kappa shape index (κ3) is 4.04. The smallest absolute Gasteiger partial charge is 0.310 e. The van der Waals surface area contributed by atoms with Crippen molar-refractivity contribution in [2.75, 3.05) is 19.7 Å². The number of ether oxygens (including phenoxy) is 1. The van der Waals surface area contributed by atoms with Gasteiger partial charge >= 0.3 is 5.97 Å². The Morgan fingerprint density at radius 2 is 1.88 bits per heavy atom. The van der Waals surface area contributed by atoms with Gasteiger partial charge in [0.25, 0.3) is 0 Å². The van der Waals surface area contributed by atoms with Crippen LogP contribution in [-0.2, 0) is 16.1 Å². The molecule has 0 saturated carbocycles. The largest absolute Gasteiger partial charge is 0.466 e. The second-order valence-corrected chi connectivity index (χ2v) is 6.32. The van der Waals surface area contributed by atoms with Gasteiger partial charge < -0.3 is 4.74 Å². The topological polar surface area (TPSA) is 29.5 Å². The first kappa shape index (κ1) is 17.5. The normalized spacial score (nSPS) is 20.6. The third-order valence-corrected chi connectivity index (χ3v) is 4.61. The Bertz CT molecular complexity index is 736. The van der Waals surface area contributed by atoms with Crippen LogP contribution >= 0.6 is 0 Å². The van der Waals surface area contributed by atoms with Crippen LogP contribution in [0.15, 0.2) is 48.5 Å². The van der Waals surface area contributed by atoms with Gasteiger partial charge in [0.15, 0.2) is 11.6 Å². The molecule has 2 atom stereocenters. The van der Waals surface area contributed by atoms with Crippen molar-refractivity contribution in [1.29, 1.82) is 0 Å². The summed E-state index contributed by atoms with van der Waals surface area (Å²) in [6.45, 7) is 3.91. The zero-order valence-corrected chi connectivity index (χ0v) is 14.1. The van der Waals surface area contributed by atoms with E-state index in [2.05, 4.69) is 4.90 Å². The lowest BCUT2D eigenvalue weighted by atomic mass is 9.89. The summed E-state index contributed by atoms with van der Waals surface area (Å²) >= 11 is 0. The van der Waals surface area contributed by atoms with Crippen molar-refractivity contribution in [2.45, 2.75) is 19.4 Å². The van der Waals surface area contributed by atoms with Gasteiger partial charge in [-0.1, -0.05) is 36.4 Å². The molecule has 0 aromatic heterocycles. The summed E-state index contributed by atoms with van der Waals surface area (Å²) in [6.07, 6.45) is 0. The van der Waals surface area contributed by atoms with E-state index in [4.69, 9.17) is 4.74 Å². The van der Waals surface area contributed by atoms with E-state index in [1.165, 1.54) is 6.07 Å². The molecule has 0 spiro atoms. The van der Waals surface area contributed by atoms with E-state index in [0.29, 0.717) is 31.8 Å². The maximum Gasteiger partial charge on any atom is 0.310 e. The van der Waals surface area contributed by atoms with Crippen molar-refractivity contribution in [3.63, 3.8) is 0 Å². The Kier molecular flexibility index (Phi) is 5.43. The van der Waals surface area contributed by atoms with Crippen LogP contribution in [-0.4, -0.2) is 30.6 Å². The van der Waals surface area contributed by atoms with E-state index in [1.54, 1.807) is 13.0 Å². The molecular weight excluding hydrogens is 324 g/mol. The Balaban J connectivity index is 1.82. The second kappa shape index (κ2) is 7.74. The number of carbonyl (C=O) groups is 1. The molecule has 2 aromatic carbocycles. The number of rotatable bonds is 5. The molecule has 25 heavy (non-hydrogen) atoms. The van der Waals surface area contributed by atoms with Gasteiger partial charge in [-0.05, 0) is 30.2 Å². The molecule has 0 N–H and O–H groups in total. The van der Waals surface area contributed by atoms with E-state index < -0.39 is 11.6 Å². The van der Waals surface area contributed by atoms with Gasteiger partial charge in [-0.3, -0.25) is 9.69 Å². The summed E-state index contributed by atoms with van der Waals surface area (Å²) in [7, 11) is 0. The van der Waals surface area contributed by atoms with Gasteiger partial charge in [0.2, 0.25) is 0 Å². The maximum atomic E-state index is 13.6. The van der Waals surface area contributed by atoms with Crippen LogP contribution in [0.3, 0.4) is 0 Å². The Morgan fingerprint density at radius 3 is 2.56 bits per heavy atom. The fourth-order valence-electron chi connectivity index (χ4n) is 3.42. The molecule has 0 amide bonds. The van der Waals surface area contributed by atoms with Crippen LogP contribution in [0.2, 0.25) is 0 Å². The van der Waals surface area contributed by atoms with Gasteiger partial charge in [0.05, 0.1) is 12.5 Å². The number of hydrogen-bond donors (Lipinski definition) is 0. The summed E-state index contributed by atoms with van der Waals surface area (Å²) in [5.41, 5.74) is 1.78. The van der Waals surface area contributed by atoms with Crippen molar-refractivity contribution in [2.24, 2.45) is 5.92 Å². The minimum atomic E-state index is -0.887. The molecule has 1 saturated heterocycles. The van der Waals surface area contributed by atoms with Crippen molar-refractivity contribution >= 4 is 5.97 Å². The van der Waals surface area contributed by atoms with Crippen molar-refractivity contribution in [1.82, 2.24) is 4.90 Å².